The van der Waals surface area contributed by atoms with Crippen molar-refractivity contribution in [1.82, 2.24) is 13.9 Å². The summed E-state index contributed by atoms with van der Waals surface area (Å²) in [7, 11) is -1.87. The standard InChI is InChI=1S/C17H19N3O3S/c1-13-7-9-14(10-8-13)24(22,23)18-11-12-20-16-6-4-3-5-15(16)19(2)17(20)21/h3-10,18H,11-12H2,1-2H3. The fourth-order valence-corrected chi connectivity index (χ4v) is 3.69. The fraction of sp³-hybridized carbons (Fsp3) is 0.235. The van der Waals surface area contributed by atoms with Gasteiger partial charge >= 0.3 is 5.69 Å². The number of sulfonamides is 1. The van der Waals surface area contributed by atoms with Crippen LogP contribution in [-0.2, 0) is 23.6 Å². The van der Waals surface area contributed by atoms with E-state index in [9.17, 15) is 13.2 Å². The van der Waals surface area contributed by atoms with E-state index >= 15 is 0 Å². The Labute approximate surface area is 140 Å². The predicted molar refractivity (Wildman–Crippen MR) is 93.5 cm³/mol. The summed E-state index contributed by atoms with van der Waals surface area (Å²) in [5.74, 6) is 0. The summed E-state index contributed by atoms with van der Waals surface area (Å²) in [6, 6.07) is 14.1. The van der Waals surface area contributed by atoms with Crippen LogP contribution in [0.1, 0.15) is 5.56 Å². The van der Waals surface area contributed by atoms with E-state index in [0.29, 0.717) is 0 Å². The SMILES string of the molecule is Cc1ccc(S(=O)(=O)NCCn2c(=O)n(C)c3ccccc32)cc1. The van der Waals surface area contributed by atoms with E-state index in [1.165, 1.54) is 0 Å². The molecule has 1 N–H and O–H groups in total. The quantitative estimate of drug-likeness (QED) is 0.764. The highest BCUT2D eigenvalue weighted by Crippen LogP contribution is 2.12. The van der Waals surface area contributed by atoms with Crippen LogP contribution in [0, 0.1) is 6.92 Å². The number of benzene rings is 2. The molecule has 7 heteroatoms. The van der Waals surface area contributed by atoms with Gasteiger partial charge in [-0.15, -0.1) is 0 Å². The molecule has 24 heavy (non-hydrogen) atoms. The van der Waals surface area contributed by atoms with Gasteiger partial charge in [0.15, 0.2) is 0 Å². The van der Waals surface area contributed by atoms with Gasteiger partial charge in [-0.25, -0.2) is 17.9 Å². The number of hydrogen-bond acceptors (Lipinski definition) is 3. The molecule has 1 aromatic heterocycles. The lowest BCUT2D eigenvalue weighted by Gasteiger charge is -2.08. The zero-order valence-electron chi connectivity index (χ0n) is 13.6. The van der Waals surface area contributed by atoms with Crippen LogP contribution < -0.4 is 10.4 Å². The van der Waals surface area contributed by atoms with Crippen molar-refractivity contribution in [2.24, 2.45) is 7.05 Å². The fourth-order valence-electron chi connectivity index (χ4n) is 2.67. The van der Waals surface area contributed by atoms with E-state index in [1.54, 1.807) is 40.4 Å². The van der Waals surface area contributed by atoms with Crippen LogP contribution in [0.5, 0.6) is 0 Å². The number of hydrogen-bond donors (Lipinski definition) is 1. The lowest BCUT2D eigenvalue weighted by Crippen LogP contribution is -2.31. The van der Waals surface area contributed by atoms with E-state index in [4.69, 9.17) is 0 Å². The minimum atomic E-state index is -3.58. The Balaban J connectivity index is 1.79. The summed E-state index contributed by atoms with van der Waals surface area (Å²) in [5, 5.41) is 0. The van der Waals surface area contributed by atoms with Gasteiger partial charge in [-0.1, -0.05) is 29.8 Å². The Hall–Kier alpha value is -2.38. The highest BCUT2D eigenvalue weighted by atomic mass is 32.2. The third-order valence-electron chi connectivity index (χ3n) is 4.01. The molecule has 1 heterocycles. The molecule has 0 fully saturated rings. The Morgan fingerprint density at radius 1 is 1.00 bits per heavy atom. The number of nitrogens with one attached hydrogen (secondary N) is 1. The van der Waals surface area contributed by atoms with E-state index in [-0.39, 0.29) is 23.7 Å². The molecule has 0 spiro atoms. The molecule has 0 amide bonds. The van der Waals surface area contributed by atoms with E-state index < -0.39 is 10.0 Å². The zero-order valence-corrected chi connectivity index (χ0v) is 14.4. The average Bonchev–Trinajstić information content (AvgIpc) is 2.80. The minimum Gasteiger partial charge on any atom is -0.295 e. The van der Waals surface area contributed by atoms with Crippen LogP contribution in [0.2, 0.25) is 0 Å². The normalized spacial score (nSPS) is 11.9. The smallest absolute Gasteiger partial charge is 0.295 e. The summed E-state index contributed by atoms with van der Waals surface area (Å²) in [4.78, 5) is 12.5. The molecular weight excluding hydrogens is 326 g/mol. The highest BCUT2D eigenvalue weighted by molar-refractivity contribution is 7.89. The molecule has 0 unspecified atom stereocenters. The van der Waals surface area contributed by atoms with Crippen LogP contribution >= 0.6 is 0 Å². The maximum atomic E-state index is 12.3. The molecule has 2 aromatic carbocycles. The monoisotopic (exact) mass is 345 g/mol. The number of nitrogens with zero attached hydrogens (tertiary/aromatic N) is 2. The molecule has 0 radical (unpaired) electrons. The lowest BCUT2D eigenvalue weighted by atomic mass is 10.2. The Morgan fingerprint density at radius 3 is 2.29 bits per heavy atom. The van der Waals surface area contributed by atoms with Gasteiger partial charge in [-0.3, -0.25) is 9.13 Å². The Morgan fingerprint density at radius 2 is 1.62 bits per heavy atom. The summed E-state index contributed by atoms with van der Waals surface area (Å²) >= 11 is 0. The third-order valence-corrected chi connectivity index (χ3v) is 5.49. The first-order valence-electron chi connectivity index (χ1n) is 7.61. The first-order chi connectivity index (χ1) is 11.4. The number of rotatable bonds is 5. The average molecular weight is 345 g/mol. The lowest BCUT2D eigenvalue weighted by molar-refractivity contribution is 0.571. The highest BCUT2D eigenvalue weighted by Gasteiger charge is 2.14. The number of fused-ring (bicyclic) bond motifs is 1. The molecule has 0 aliphatic heterocycles. The van der Waals surface area contributed by atoms with Gasteiger partial charge in [-0.05, 0) is 31.2 Å². The summed E-state index contributed by atoms with van der Waals surface area (Å²) in [6.07, 6.45) is 0. The van der Waals surface area contributed by atoms with Crippen molar-refractivity contribution in [3.05, 3.63) is 64.6 Å². The van der Waals surface area contributed by atoms with Crippen LogP contribution in [-0.4, -0.2) is 24.1 Å². The largest absolute Gasteiger partial charge is 0.328 e. The van der Waals surface area contributed by atoms with Gasteiger partial charge in [-0.2, -0.15) is 0 Å². The summed E-state index contributed by atoms with van der Waals surface area (Å²) in [5.41, 5.74) is 2.45. The zero-order chi connectivity index (χ0) is 17.3. The summed E-state index contributed by atoms with van der Waals surface area (Å²) in [6.45, 7) is 2.31. The number of para-hydroxylation sites is 2. The minimum absolute atomic E-state index is 0.143. The molecule has 126 valence electrons. The Bertz CT molecular complexity index is 1030. The van der Waals surface area contributed by atoms with Gasteiger partial charge in [0, 0.05) is 20.1 Å². The molecule has 0 aliphatic carbocycles. The van der Waals surface area contributed by atoms with E-state index in [2.05, 4.69) is 4.72 Å². The number of aryl methyl sites for hydroxylation is 2. The van der Waals surface area contributed by atoms with Crippen LogP contribution in [0.4, 0.5) is 0 Å². The van der Waals surface area contributed by atoms with Gasteiger partial charge < -0.3 is 0 Å². The number of aromatic nitrogens is 2. The Kier molecular flexibility index (Phi) is 4.29. The topological polar surface area (TPSA) is 73.1 Å². The van der Waals surface area contributed by atoms with Crippen molar-refractivity contribution in [2.75, 3.05) is 6.54 Å². The van der Waals surface area contributed by atoms with Gasteiger partial charge in [0.2, 0.25) is 10.0 Å². The molecule has 6 nitrogen and oxygen atoms in total. The first-order valence-corrected chi connectivity index (χ1v) is 9.09. The van der Waals surface area contributed by atoms with Crippen molar-refractivity contribution in [1.29, 1.82) is 0 Å². The van der Waals surface area contributed by atoms with Gasteiger partial charge in [0.05, 0.1) is 15.9 Å². The molecule has 3 aromatic rings. The molecule has 0 aliphatic rings. The van der Waals surface area contributed by atoms with Crippen molar-refractivity contribution < 1.29 is 8.42 Å². The second kappa shape index (κ2) is 6.26. The molecule has 0 saturated carbocycles. The first kappa shape index (κ1) is 16.5. The number of imidazole rings is 1. The molecule has 0 bridgehead atoms. The van der Waals surface area contributed by atoms with Gasteiger partial charge in [0.25, 0.3) is 0 Å². The van der Waals surface area contributed by atoms with Gasteiger partial charge in [0.1, 0.15) is 0 Å². The van der Waals surface area contributed by atoms with Crippen LogP contribution in [0.25, 0.3) is 11.0 Å². The maximum Gasteiger partial charge on any atom is 0.328 e. The van der Waals surface area contributed by atoms with Crippen molar-refractivity contribution >= 4 is 21.1 Å². The van der Waals surface area contributed by atoms with Crippen molar-refractivity contribution in [2.45, 2.75) is 18.4 Å². The molecule has 0 saturated heterocycles. The van der Waals surface area contributed by atoms with Crippen molar-refractivity contribution in [3.63, 3.8) is 0 Å². The second-order valence-electron chi connectivity index (χ2n) is 5.69. The molecule has 0 atom stereocenters. The van der Waals surface area contributed by atoms with Crippen molar-refractivity contribution in [3.8, 4) is 0 Å². The van der Waals surface area contributed by atoms with E-state index in [1.807, 2.05) is 31.2 Å². The summed E-state index contributed by atoms with van der Waals surface area (Å²) < 4.78 is 30.3. The van der Waals surface area contributed by atoms with Crippen LogP contribution in [0.15, 0.2) is 58.2 Å². The van der Waals surface area contributed by atoms with E-state index in [0.717, 1.165) is 16.6 Å². The third kappa shape index (κ3) is 3.00. The second-order valence-corrected chi connectivity index (χ2v) is 7.46. The molecular formula is C17H19N3O3S. The predicted octanol–water partition coefficient (Wildman–Crippen LogP) is 1.63. The van der Waals surface area contributed by atoms with Crippen LogP contribution in [0.3, 0.4) is 0 Å². The molecule has 3 rings (SSSR count). The maximum absolute atomic E-state index is 12.3.